The summed E-state index contributed by atoms with van der Waals surface area (Å²) in [5.41, 5.74) is -1.94. The van der Waals surface area contributed by atoms with Crippen LogP contribution >= 0.6 is 0 Å². The number of amides is 2. The summed E-state index contributed by atoms with van der Waals surface area (Å²) in [6.45, 7) is 4.09. The van der Waals surface area contributed by atoms with Crippen LogP contribution in [0.3, 0.4) is 0 Å². The molecule has 1 saturated heterocycles. The third-order valence-corrected chi connectivity index (χ3v) is 3.31. The second-order valence-electron chi connectivity index (χ2n) is 5.15. The minimum Gasteiger partial charge on any atom is -0.352 e. The Bertz CT molecular complexity index is 630. The zero-order chi connectivity index (χ0) is 14.9. The van der Waals surface area contributed by atoms with Crippen LogP contribution in [0.5, 0.6) is 0 Å². The van der Waals surface area contributed by atoms with Gasteiger partial charge in [-0.2, -0.15) is 0 Å². The van der Waals surface area contributed by atoms with E-state index in [9.17, 15) is 19.2 Å². The van der Waals surface area contributed by atoms with Crippen LogP contribution in [0.4, 0.5) is 0 Å². The van der Waals surface area contributed by atoms with E-state index in [4.69, 9.17) is 0 Å². The molecule has 108 valence electrons. The second-order valence-corrected chi connectivity index (χ2v) is 5.15. The predicted molar refractivity (Wildman–Crippen MR) is 70.2 cm³/mol. The van der Waals surface area contributed by atoms with E-state index in [2.05, 4.69) is 10.3 Å². The molecule has 0 spiro atoms. The quantitative estimate of drug-likeness (QED) is 0.601. The average molecular weight is 280 g/mol. The predicted octanol–water partition coefficient (Wildman–Crippen LogP) is -1.66. The summed E-state index contributed by atoms with van der Waals surface area (Å²) in [6, 6.07) is 1.16. The molecular formula is C12H16N4O4. The molecule has 0 unspecified atom stereocenters. The molecule has 2 amide bonds. The Hall–Kier alpha value is -2.38. The van der Waals surface area contributed by atoms with E-state index >= 15 is 0 Å². The third kappa shape index (κ3) is 2.63. The number of nitrogens with zero attached hydrogens (tertiary/aromatic N) is 1. The molecule has 0 aliphatic carbocycles. The van der Waals surface area contributed by atoms with Crippen LogP contribution in [0.15, 0.2) is 15.7 Å². The van der Waals surface area contributed by atoms with Gasteiger partial charge >= 0.3 is 5.69 Å². The summed E-state index contributed by atoms with van der Waals surface area (Å²) in [5, 5.41) is 2.69. The van der Waals surface area contributed by atoms with Crippen molar-refractivity contribution in [3.8, 4) is 0 Å². The lowest BCUT2D eigenvalue weighted by molar-refractivity contribution is -0.148. The highest BCUT2D eigenvalue weighted by atomic mass is 16.2. The van der Waals surface area contributed by atoms with Gasteiger partial charge in [-0.1, -0.05) is 0 Å². The molecule has 1 fully saturated rings. The van der Waals surface area contributed by atoms with Crippen LogP contribution in [0.1, 0.15) is 19.5 Å². The highest BCUT2D eigenvalue weighted by Crippen LogP contribution is 2.18. The summed E-state index contributed by atoms with van der Waals surface area (Å²) >= 11 is 0. The maximum absolute atomic E-state index is 12.3. The van der Waals surface area contributed by atoms with E-state index in [1.165, 1.54) is 4.90 Å². The van der Waals surface area contributed by atoms with Crippen LogP contribution in [-0.2, 0) is 16.0 Å². The van der Waals surface area contributed by atoms with Crippen molar-refractivity contribution in [2.24, 2.45) is 0 Å². The standard InChI is InChI=1S/C12H16N4O4/c1-12(2)10(19)13-3-4-16(12)9(18)6-7-5-8(17)15-11(20)14-7/h5H,3-4,6H2,1-2H3,(H,13,19)(H2,14,15,17,20). The number of H-pyrrole nitrogens is 2. The van der Waals surface area contributed by atoms with E-state index in [-0.39, 0.29) is 23.9 Å². The first kappa shape index (κ1) is 14.0. The molecule has 8 heteroatoms. The number of hydrogen-bond acceptors (Lipinski definition) is 4. The van der Waals surface area contributed by atoms with E-state index < -0.39 is 16.8 Å². The summed E-state index contributed by atoms with van der Waals surface area (Å²) < 4.78 is 0. The van der Waals surface area contributed by atoms with E-state index in [0.29, 0.717) is 13.1 Å². The molecule has 0 bridgehead atoms. The maximum atomic E-state index is 12.3. The molecule has 1 aromatic heterocycles. The number of hydrogen-bond donors (Lipinski definition) is 3. The minimum absolute atomic E-state index is 0.129. The number of piperazine rings is 1. The molecule has 1 aliphatic heterocycles. The first-order chi connectivity index (χ1) is 9.30. The van der Waals surface area contributed by atoms with Crippen molar-refractivity contribution in [3.05, 3.63) is 32.6 Å². The SMILES string of the molecule is CC1(C)C(=O)NCCN1C(=O)Cc1cc(=O)[nH]c(=O)[nH]1. The molecule has 8 nitrogen and oxygen atoms in total. The fourth-order valence-corrected chi connectivity index (χ4v) is 2.21. The number of carbonyl (C=O) groups is 2. The molecule has 2 rings (SSSR count). The normalized spacial score (nSPS) is 17.7. The van der Waals surface area contributed by atoms with Gasteiger partial charge in [0.05, 0.1) is 6.42 Å². The van der Waals surface area contributed by atoms with Crippen LogP contribution in [0, 0.1) is 0 Å². The van der Waals surface area contributed by atoms with Crippen molar-refractivity contribution >= 4 is 11.8 Å². The summed E-state index contributed by atoms with van der Waals surface area (Å²) in [7, 11) is 0. The molecule has 0 atom stereocenters. The first-order valence-corrected chi connectivity index (χ1v) is 6.22. The molecule has 0 aromatic carbocycles. The smallest absolute Gasteiger partial charge is 0.325 e. The molecular weight excluding hydrogens is 264 g/mol. The Morgan fingerprint density at radius 2 is 2.00 bits per heavy atom. The van der Waals surface area contributed by atoms with Gasteiger partial charge in [-0.3, -0.25) is 19.4 Å². The van der Waals surface area contributed by atoms with Crippen molar-refractivity contribution in [2.45, 2.75) is 25.8 Å². The van der Waals surface area contributed by atoms with Crippen molar-refractivity contribution < 1.29 is 9.59 Å². The summed E-state index contributed by atoms with van der Waals surface area (Å²) in [6.07, 6.45) is -0.129. The van der Waals surface area contributed by atoms with Gasteiger partial charge in [-0.05, 0) is 13.8 Å². The molecule has 20 heavy (non-hydrogen) atoms. The Kier molecular flexibility index (Phi) is 3.47. The van der Waals surface area contributed by atoms with Gasteiger partial charge in [0.1, 0.15) is 5.54 Å². The Morgan fingerprint density at radius 3 is 2.65 bits per heavy atom. The number of aromatic nitrogens is 2. The highest BCUT2D eigenvalue weighted by molar-refractivity contribution is 5.92. The topological polar surface area (TPSA) is 115 Å². The van der Waals surface area contributed by atoms with Crippen molar-refractivity contribution in [1.29, 1.82) is 0 Å². The lowest BCUT2D eigenvalue weighted by atomic mass is 9.98. The first-order valence-electron chi connectivity index (χ1n) is 6.22. The maximum Gasteiger partial charge on any atom is 0.325 e. The Labute approximate surface area is 114 Å². The Balaban J connectivity index is 2.21. The number of rotatable bonds is 2. The van der Waals surface area contributed by atoms with Gasteiger partial charge in [0, 0.05) is 24.8 Å². The average Bonchev–Trinajstić information content (AvgIpc) is 2.31. The van der Waals surface area contributed by atoms with Crippen molar-refractivity contribution in [1.82, 2.24) is 20.2 Å². The monoisotopic (exact) mass is 280 g/mol. The number of nitrogens with one attached hydrogen (secondary N) is 3. The largest absolute Gasteiger partial charge is 0.352 e. The number of carbonyl (C=O) groups excluding carboxylic acids is 2. The van der Waals surface area contributed by atoms with E-state index in [1.54, 1.807) is 13.8 Å². The molecule has 1 aliphatic rings. The van der Waals surface area contributed by atoms with Crippen LogP contribution in [-0.4, -0.2) is 45.3 Å². The van der Waals surface area contributed by atoms with Crippen molar-refractivity contribution in [3.63, 3.8) is 0 Å². The molecule has 2 heterocycles. The van der Waals surface area contributed by atoms with Gasteiger partial charge < -0.3 is 15.2 Å². The fourth-order valence-electron chi connectivity index (χ4n) is 2.21. The lowest BCUT2D eigenvalue weighted by Crippen LogP contribution is -2.63. The zero-order valence-electron chi connectivity index (χ0n) is 11.3. The third-order valence-electron chi connectivity index (χ3n) is 3.31. The van der Waals surface area contributed by atoms with Gasteiger partial charge in [0.15, 0.2) is 0 Å². The van der Waals surface area contributed by atoms with E-state index in [1.807, 2.05) is 4.98 Å². The van der Waals surface area contributed by atoms with Gasteiger partial charge in [-0.15, -0.1) is 0 Å². The van der Waals surface area contributed by atoms with Gasteiger partial charge in [0.25, 0.3) is 5.56 Å². The van der Waals surface area contributed by atoms with Gasteiger partial charge in [-0.25, -0.2) is 4.79 Å². The lowest BCUT2D eigenvalue weighted by Gasteiger charge is -2.41. The van der Waals surface area contributed by atoms with E-state index in [0.717, 1.165) is 6.07 Å². The van der Waals surface area contributed by atoms with Crippen LogP contribution in [0.25, 0.3) is 0 Å². The highest BCUT2D eigenvalue weighted by Gasteiger charge is 2.40. The summed E-state index contributed by atoms with van der Waals surface area (Å²) in [5.74, 6) is -0.539. The van der Waals surface area contributed by atoms with Crippen LogP contribution < -0.4 is 16.6 Å². The molecule has 0 saturated carbocycles. The number of aromatic amines is 2. The fraction of sp³-hybridized carbons (Fsp3) is 0.500. The summed E-state index contributed by atoms with van der Waals surface area (Å²) in [4.78, 5) is 52.2. The second kappa shape index (κ2) is 4.95. The van der Waals surface area contributed by atoms with Crippen LogP contribution in [0.2, 0.25) is 0 Å². The van der Waals surface area contributed by atoms with Crippen molar-refractivity contribution in [2.75, 3.05) is 13.1 Å². The minimum atomic E-state index is -0.948. The molecule has 1 aromatic rings. The zero-order valence-corrected chi connectivity index (χ0v) is 11.3. The Morgan fingerprint density at radius 1 is 1.30 bits per heavy atom. The van der Waals surface area contributed by atoms with Gasteiger partial charge in [0.2, 0.25) is 11.8 Å². The molecule has 0 radical (unpaired) electrons. The molecule has 3 N–H and O–H groups in total.